The minimum atomic E-state index is -1.33. The first-order chi connectivity index (χ1) is 9.81. The Hall–Kier alpha value is -2.28. The Balaban J connectivity index is 2.28. The third-order valence-electron chi connectivity index (χ3n) is 2.89. The number of hydrogen-bond acceptors (Lipinski definition) is 5. The first-order valence-electron chi connectivity index (χ1n) is 6.25. The summed E-state index contributed by atoms with van der Waals surface area (Å²) in [5, 5.41) is 12.3. The van der Waals surface area contributed by atoms with Crippen molar-refractivity contribution in [2.45, 2.75) is 26.3 Å². The van der Waals surface area contributed by atoms with Crippen molar-refractivity contribution in [3.8, 4) is 10.6 Å². The molecule has 110 valence electrons. The van der Waals surface area contributed by atoms with E-state index in [0.29, 0.717) is 15.6 Å². The number of pyridine rings is 1. The maximum absolute atomic E-state index is 12.2. The molecule has 0 aliphatic rings. The lowest BCUT2D eigenvalue weighted by atomic mass is 10.1. The van der Waals surface area contributed by atoms with Crippen LogP contribution in [-0.2, 0) is 4.79 Å². The number of thiazole rings is 1. The van der Waals surface area contributed by atoms with Gasteiger partial charge in [0.05, 0.1) is 5.69 Å². The van der Waals surface area contributed by atoms with Crippen molar-refractivity contribution in [1.29, 1.82) is 0 Å². The number of amides is 1. The fourth-order valence-electron chi connectivity index (χ4n) is 1.62. The molecule has 0 aliphatic carbocycles. The fourth-order valence-corrected chi connectivity index (χ4v) is 2.59. The molecule has 0 saturated heterocycles. The van der Waals surface area contributed by atoms with Crippen LogP contribution in [0.2, 0.25) is 0 Å². The molecule has 2 N–H and O–H groups in total. The van der Waals surface area contributed by atoms with E-state index in [-0.39, 0.29) is 0 Å². The van der Waals surface area contributed by atoms with Crippen molar-refractivity contribution in [1.82, 2.24) is 15.3 Å². The van der Waals surface area contributed by atoms with Gasteiger partial charge in [-0.1, -0.05) is 0 Å². The van der Waals surface area contributed by atoms with Gasteiger partial charge in [-0.05, 0) is 32.9 Å². The lowest BCUT2D eigenvalue weighted by Gasteiger charge is -2.20. The average molecular weight is 305 g/mol. The number of carbonyl (C=O) groups excluding carboxylic acids is 1. The number of nitrogens with one attached hydrogen (secondary N) is 1. The highest BCUT2D eigenvalue weighted by atomic mass is 32.1. The largest absolute Gasteiger partial charge is 0.480 e. The lowest BCUT2D eigenvalue weighted by molar-refractivity contribution is -0.143. The fraction of sp³-hybridized carbons (Fsp3) is 0.286. The molecule has 6 nitrogen and oxygen atoms in total. The maximum atomic E-state index is 12.2. The van der Waals surface area contributed by atoms with Crippen LogP contribution in [0.5, 0.6) is 0 Å². The molecule has 2 heterocycles. The summed E-state index contributed by atoms with van der Waals surface area (Å²) in [6.07, 6.45) is 3.30. The van der Waals surface area contributed by atoms with Gasteiger partial charge in [-0.25, -0.2) is 9.78 Å². The minimum absolute atomic E-state index is 0.413. The Morgan fingerprint density at radius 2 is 1.90 bits per heavy atom. The molecule has 0 unspecified atom stereocenters. The van der Waals surface area contributed by atoms with Crippen molar-refractivity contribution in [3.05, 3.63) is 35.1 Å². The van der Waals surface area contributed by atoms with E-state index in [1.807, 2.05) is 0 Å². The van der Waals surface area contributed by atoms with Crippen LogP contribution in [0.1, 0.15) is 29.2 Å². The Morgan fingerprint density at radius 1 is 1.29 bits per heavy atom. The number of nitrogens with zero attached hydrogens (tertiary/aromatic N) is 2. The number of aryl methyl sites for hydroxylation is 1. The molecule has 2 aromatic rings. The first kappa shape index (κ1) is 15.1. The van der Waals surface area contributed by atoms with Gasteiger partial charge in [0.2, 0.25) is 0 Å². The van der Waals surface area contributed by atoms with Gasteiger partial charge < -0.3 is 10.4 Å². The molecule has 0 aromatic carbocycles. The van der Waals surface area contributed by atoms with Crippen LogP contribution < -0.4 is 5.32 Å². The minimum Gasteiger partial charge on any atom is -0.480 e. The van der Waals surface area contributed by atoms with Gasteiger partial charge in [-0.3, -0.25) is 9.78 Å². The number of hydrogen-bond donors (Lipinski definition) is 2. The van der Waals surface area contributed by atoms with Crippen molar-refractivity contribution in [2.24, 2.45) is 0 Å². The van der Waals surface area contributed by atoms with E-state index >= 15 is 0 Å². The van der Waals surface area contributed by atoms with Gasteiger partial charge >= 0.3 is 5.97 Å². The van der Waals surface area contributed by atoms with E-state index in [2.05, 4.69) is 15.3 Å². The molecule has 0 spiro atoms. The van der Waals surface area contributed by atoms with Crippen LogP contribution in [0.3, 0.4) is 0 Å². The normalized spacial score (nSPS) is 11.2. The highest BCUT2D eigenvalue weighted by Gasteiger charge is 2.30. The number of carboxylic acid groups (broad SMARTS) is 1. The van der Waals surface area contributed by atoms with E-state index < -0.39 is 17.4 Å². The van der Waals surface area contributed by atoms with Gasteiger partial charge in [0, 0.05) is 18.0 Å². The summed E-state index contributed by atoms with van der Waals surface area (Å²) in [5.74, 6) is -1.52. The van der Waals surface area contributed by atoms with Crippen molar-refractivity contribution in [3.63, 3.8) is 0 Å². The predicted molar refractivity (Wildman–Crippen MR) is 79.3 cm³/mol. The summed E-state index contributed by atoms with van der Waals surface area (Å²) in [4.78, 5) is 32.0. The summed E-state index contributed by atoms with van der Waals surface area (Å²) >= 11 is 1.23. The van der Waals surface area contributed by atoms with Gasteiger partial charge in [-0.15, -0.1) is 11.3 Å². The zero-order chi connectivity index (χ0) is 15.6. The van der Waals surface area contributed by atoms with Crippen LogP contribution >= 0.6 is 11.3 Å². The summed E-state index contributed by atoms with van der Waals surface area (Å²) in [6, 6.07) is 3.61. The molecular formula is C14H15N3O3S. The zero-order valence-electron chi connectivity index (χ0n) is 11.9. The molecule has 0 saturated carbocycles. The zero-order valence-corrected chi connectivity index (χ0v) is 12.7. The van der Waals surface area contributed by atoms with Crippen LogP contribution in [0.4, 0.5) is 0 Å². The molecule has 2 rings (SSSR count). The van der Waals surface area contributed by atoms with E-state index in [9.17, 15) is 9.59 Å². The smallest absolute Gasteiger partial charge is 0.328 e. The number of carboxylic acids is 1. The van der Waals surface area contributed by atoms with Gasteiger partial charge in [0.25, 0.3) is 5.91 Å². The Labute approximate surface area is 125 Å². The van der Waals surface area contributed by atoms with E-state index in [4.69, 9.17) is 5.11 Å². The van der Waals surface area contributed by atoms with Crippen molar-refractivity contribution < 1.29 is 14.7 Å². The first-order valence-corrected chi connectivity index (χ1v) is 7.06. The van der Waals surface area contributed by atoms with Crippen LogP contribution in [0.15, 0.2) is 24.5 Å². The van der Waals surface area contributed by atoms with Gasteiger partial charge in [0.15, 0.2) is 0 Å². The van der Waals surface area contributed by atoms with Gasteiger partial charge in [0.1, 0.15) is 15.4 Å². The van der Waals surface area contributed by atoms with Crippen molar-refractivity contribution >= 4 is 23.2 Å². The molecule has 2 aromatic heterocycles. The quantitative estimate of drug-likeness (QED) is 0.902. The summed E-state index contributed by atoms with van der Waals surface area (Å²) in [5.41, 5.74) is 0.116. The molecule has 7 heteroatoms. The number of aliphatic carboxylic acids is 1. The Kier molecular flexibility index (Phi) is 4.04. The number of carbonyl (C=O) groups is 2. The molecule has 0 fully saturated rings. The second kappa shape index (κ2) is 5.61. The molecule has 1 amide bonds. The highest BCUT2D eigenvalue weighted by Crippen LogP contribution is 2.27. The Morgan fingerprint density at radius 3 is 2.48 bits per heavy atom. The van der Waals surface area contributed by atoms with Crippen molar-refractivity contribution in [2.75, 3.05) is 0 Å². The van der Waals surface area contributed by atoms with Crippen LogP contribution in [0.25, 0.3) is 10.6 Å². The third kappa shape index (κ3) is 3.25. The number of rotatable bonds is 4. The molecule has 0 radical (unpaired) electrons. The molecule has 0 aliphatic heterocycles. The average Bonchev–Trinajstić information content (AvgIpc) is 2.81. The van der Waals surface area contributed by atoms with E-state index in [1.165, 1.54) is 25.2 Å². The lowest BCUT2D eigenvalue weighted by Crippen LogP contribution is -2.49. The van der Waals surface area contributed by atoms with E-state index in [1.54, 1.807) is 31.5 Å². The third-order valence-corrected chi connectivity index (χ3v) is 4.10. The van der Waals surface area contributed by atoms with Crippen LogP contribution in [-0.4, -0.2) is 32.5 Å². The standard InChI is InChI=1S/C14H15N3O3S/c1-8-10(11(18)17-14(2,3)13(19)20)21-12(16-8)9-4-6-15-7-5-9/h4-7H,1-3H3,(H,17,18)(H,19,20). The summed E-state index contributed by atoms with van der Waals surface area (Å²) in [7, 11) is 0. The second-order valence-electron chi connectivity index (χ2n) is 5.05. The predicted octanol–water partition coefficient (Wildman–Crippen LogP) is 2.11. The molecule has 21 heavy (non-hydrogen) atoms. The summed E-state index contributed by atoms with van der Waals surface area (Å²) in [6.45, 7) is 4.60. The Bertz CT molecular complexity index is 680. The molecular weight excluding hydrogens is 290 g/mol. The maximum Gasteiger partial charge on any atom is 0.328 e. The number of aromatic nitrogens is 2. The topological polar surface area (TPSA) is 92.2 Å². The second-order valence-corrected chi connectivity index (χ2v) is 6.05. The molecule has 0 atom stereocenters. The van der Waals surface area contributed by atoms with E-state index in [0.717, 1.165) is 5.56 Å². The molecule has 0 bridgehead atoms. The van der Waals surface area contributed by atoms with Gasteiger partial charge in [-0.2, -0.15) is 0 Å². The summed E-state index contributed by atoms with van der Waals surface area (Å²) < 4.78 is 0. The highest BCUT2D eigenvalue weighted by molar-refractivity contribution is 7.17. The SMILES string of the molecule is Cc1nc(-c2ccncc2)sc1C(=O)NC(C)(C)C(=O)O. The van der Waals surface area contributed by atoms with Crippen LogP contribution in [0, 0.1) is 6.92 Å². The monoisotopic (exact) mass is 305 g/mol.